The molecule has 0 aliphatic heterocycles. The van der Waals surface area contributed by atoms with E-state index in [-0.39, 0.29) is 5.69 Å². The molecule has 1 N–H and O–H groups in total. The summed E-state index contributed by atoms with van der Waals surface area (Å²) >= 11 is 0. The maximum atomic E-state index is 12.4. The third-order valence-corrected chi connectivity index (χ3v) is 2.20. The Bertz CT molecular complexity index is 562. The SMILES string of the molecule is O=C(Nc1ccnc(C(F)F)c1)Oc1ccccc1. The predicted molar refractivity (Wildman–Crippen MR) is 65.3 cm³/mol. The van der Waals surface area contributed by atoms with Crippen LogP contribution in [0.3, 0.4) is 0 Å². The largest absolute Gasteiger partial charge is 0.417 e. The van der Waals surface area contributed by atoms with Gasteiger partial charge < -0.3 is 4.74 Å². The maximum Gasteiger partial charge on any atom is 0.417 e. The number of benzene rings is 1. The number of pyridine rings is 1. The molecule has 0 radical (unpaired) electrons. The van der Waals surface area contributed by atoms with E-state index >= 15 is 0 Å². The number of rotatable bonds is 3. The van der Waals surface area contributed by atoms with Crippen molar-refractivity contribution in [2.45, 2.75) is 6.43 Å². The van der Waals surface area contributed by atoms with E-state index in [2.05, 4.69) is 10.3 Å². The van der Waals surface area contributed by atoms with Crippen molar-refractivity contribution in [3.63, 3.8) is 0 Å². The molecular weight excluding hydrogens is 254 g/mol. The minimum absolute atomic E-state index is 0.200. The average molecular weight is 264 g/mol. The van der Waals surface area contributed by atoms with Crippen molar-refractivity contribution < 1.29 is 18.3 Å². The standard InChI is InChI=1S/C13H10F2N2O2/c14-12(15)11-8-9(6-7-16-11)17-13(18)19-10-4-2-1-3-5-10/h1-8,12H,(H,16,17,18). The fraction of sp³-hybridized carbons (Fsp3) is 0.0769. The second kappa shape index (κ2) is 5.90. The number of nitrogens with zero attached hydrogens (tertiary/aromatic N) is 1. The summed E-state index contributed by atoms with van der Waals surface area (Å²) in [4.78, 5) is 15.0. The van der Waals surface area contributed by atoms with Crippen LogP contribution in [0.25, 0.3) is 0 Å². The number of ether oxygens (including phenoxy) is 1. The molecule has 2 aromatic rings. The zero-order valence-corrected chi connectivity index (χ0v) is 9.72. The number of para-hydroxylation sites is 1. The van der Waals surface area contributed by atoms with Crippen molar-refractivity contribution in [2.24, 2.45) is 0 Å². The third kappa shape index (κ3) is 3.74. The summed E-state index contributed by atoms with van der Waals surface area (Å²) in [6.45, 7) is 0. The maximum absolute atomic E-state index is 12.4. The smallest absolute Gasteiger partial charge is 0.410 e. The highest BCUT2D eigenvalue weighted by atomic mass is 19.3. The molecule has 1 heterocycles. The molecule has 0 aliphatic rings. The number of nitrogens with one attached hydrogen (secondary N) is 1. The zero-order valence-electron chi connectivity index (χ0n) is 9.72. The number of hydrogen-bond donors (Lipinski definition) is 1. The second-order valence-corrected chi connectivity index (χ2v) is 3.60. The van der Waals surface area contributed by atoms with E-state index < -0.39 is 18.2 Å². The third-order valence-electron chi connectivity index (χ3n) is 2.20. The van der Waals surface area contributed by atoms with Gasteiger partial charge >= 0.3 is 6.09 Å². The van der Waals surface area contributed by atoms with Gasteiger partial charge in [-0.3, -0.25) is 10.3 Å². The van der Waals surface area contributed by atoms with Crippen LogP contribution < -0.4 is 10.1 Å². The van der Waals surface area contributed by atoms with Crippen molar-refractivity contribution in [3.8, 4) is 5.75 Å². The Hall–Kier alpha value is -2.50. The molecule has 0 atom stereocenters. The minimum atomic E-state index is -2.69. The molecule has 1 amide bonds. The van der Waals surface area contributed by atoms with Crippen LogP contribution in [-0.2, 0) is 0 Å². The Labute approximate surface area is 108 Å². The topological polar surface area (TPSA) is 51.2 Å². The van der Waals surface area contributed by atoms with E-state index in [1.165, 1.54) is 12.3 Å². The van der Waals surface area contributed by atoms with Crippen LogP contribution in [-0.4, -0.2) is 11.1 Å². The fourth-order valence-electron chi connectivity index (χ4n) is 1.38. The molecule has 0 bridgehead atoms. The van der Waals surface area contributed by atoms with Crippen molar-refractivity contribution in [2.75, 3.05) is 5.32 Å². The van der Waals surface area contributed by atoms with Crippen molar-refractivity contribution in [1.82, 2.24) is 4.98 Å². The summed E-state index contributed by atoms with van der Waals surface area (Å²) in [7, 11) is 0. The number of alkyl halides is 2. The lowest BCUT2D eigenvalue weighted by Crippen LogP contribution is -2.16. The van der Waals surface area contributed by atoms with E-state index in [9.17, 15) is 13.6 Å². The summed E-state index contributed by atoms with van der Waals surface area (Å²) in [5.41, 5.74) is -0.205. The number of aromatic nitrogens is 1. The Balaban J connectivity index is 2.01. The molecule has 0 unspecified atom stereocenters. The Kier molecular flexibility index (Phi) is 4.02. The lowest BCUT2D eigenvalue weighted by atomic mass is 10.3. The number of carbonyl (C=O) groups excluding carboxylic acids is 1. The summed E-state index contributed by atoms with van der Waals surface area (Å²) in [6, 6.07) is 10.9. The van der Waals surface area contributed by atoms with Gasteiger partial charge in [-0.2, -0.15) is 0 Å². The summed E-state index contributed by atoms with van der Waals surface area (Å²) in [5.74, 6) is 0.364. The Morgan fingerprint density at radius 1 is 1.21 bits per heavy atom. The van der Waals surface area contributed by atoms with E-state index in [1.54, 1.807) is 30.3 Å². The van der Waals surface area contributed by atoms with Gasteiger partial charge in [0.1, 0.15) is 11.4 Å². The molecule has 0 aliphatic carbocycles. The number of anilines is 1. The van der Waals surface area contributed by atoms with Crippen LogP contribution in [0.4, 0.5) is 19.3 Å². The van der Waals surface area contributed by atoms with Gasteiger partial charge in [0.05, 0.1) is 0 Å². The van der Waals surface area contributed by atoms with Crippen LogP contribution in [0.5, 0.6) is 5.75 Å². The van der Waals surface area contributed by atoms with Crippen molar-refractivity contribution >= 4 is 11.8 Å². The van der Waals surface area contributed by atoms with Crippen LogP contribution in [0.15, 0.2) is 48.7 Å². The fourth-order valence-corrected chi connectivity index (χ4v) is 1.38. The van der Waals surface area contributed by atoms with Crippen LogP contribution in [0.1, 0.15) is 12.1 Å². The molecule has 1 aromatic heterocycles. The van der Waals surface area contributed by atoms with Crippen LogP contribution in [0, 0.1) is 0 Å². The summed E-state index contributed by atoms with van der Waals surface area (Å²) in [6.07, 6.45) is -2.25. The lowest BCUT2D eigenvalue weighted by Gasteiger charge is -2.07. The normalized spacial score (nSPS) is 10.3. The highest BCUT2D eigenvalue weighted by molar-refractivity contribution is 5.86. The number of amides is 1. The first-order chi connectivity index (χ1) is 9.15. The molecule has 6 heteroatoms. The monoisotopic (exact) mass is 264 g/mol. The van der Waals surface area contributed by atoms with Crippen LogP contribution in [0.2, 0.25) is 0 Å². The van der Waals surface area contributed by atoms with Crippen molar-refractivity contribution in [3.05, 3.63) is 54.4 Å². The molecule has 98 valence electrons. The van der Waals surface area contributed by atoms with E-state index in [0.29, 0.717) is 5.75 Å². The van der Waals surface area contributed by atoms with Gasteiger partial charge in [-0.1, -0.05) is 18.2 Å². The molecule has 0 saturated heterocycles. The zero-order chi connectivity index (χ0) is 13.7. The summed E-state index contributed by atoms with van der Waals surface area (Å²) in [5, 5.41) is 2.35. The van der Waals surface area contributed by atoms with Gasteiger partial charge in [-0.15, -0.1) is 0 Å². The highest BCUT2D eigenvalue weighted by Gasteiger charge is 2.11. The first-order valence-corrected chi connectivity index (χ1v) is 5.43. The molecular formula is C13H10F2N2O2. The van der Waals surface area contributed by atoms with Gasteiger partial charge in [0.25, 0.3) is 6.43 Å². The van der Waals surface area contributed by atoms with Gasteiger partial charge in [0, 0.05) is 11.9 Å². The van der Waals surface area contributed by atoms with Gasteiger partial charge in [0.2, 0.25) is 0 Å². The number of carbonyl (C=O) groups is 1. The highest BCUT2D eigenvalue weighted by Crippen LogP contribution is 2.19. The minimum Gasteiger partial charge on any atom is -0.410 e. The van der Waals surface area contributed by atoms with Crippen molar-refractivity contribution in [1.29, 1.82) is 0 Å². The van der Waals surface area contributed by atoms with E-state index in [0.717, 1.165) is 6.07 Å². The molecule has 0 fully saturated rings. The molecule has 4 nitrogen and oxygen atoms in total. The molecule has 2 rings (SSSR count). The molecule has 0 spiro atoms. The number of hydrogen-bond acceptors (Lipinski definition) is 3. The van der Waals surface area contributed by atoms with Crippen LogP contribution >= 0.6 is 0 Å². The molecule has 19 heavy (non-hydrogen) atoms. The molecule has 1 aromatic carbocycles. The summed E-state index contributed by atoms with van der Waals surface area (Å²) < 4.78 is 29.8. The van der Waals surface area contributed by atoms with Gasteiger partial charge in [-0.25, -0.2) is 13.6 Å². The van der Waals surface area contributed by atoms with Gasteiger partial charge in [0.15, 0.2) is 0 Å². The predicted octanol–water partition coefficient (Wildman–Crippen LogP) is 3.63. The number of halogens is 2. The lowest BCUT2D eigenvalue weighted by molar-refractivity contribution is 0.146. The molecule has 0 saturated carbocycles. The first-order valence-electron chi connectivity index (χ1n) is 5.43. The Morgan fingerprint density at radius 3 is 2.63 bits per heavy atom. The van der Waals surface area contributed by atoms with E-state index in [1.807, 2.05) is 0 Å². The second-order valence-electron chi connectivity index (χ2n) is 3.60. The quantitative estimate of drug-likeness (QED) is 0.920. The van der Waals surface area contributed by atoms with E-state index in [4.69, 9.17) is 4.74 Å². The average Bonchev–Trinajstić information content (AvgIpc) is 2.40. The Morgan fingerprint density at radius 2 is 1.95 bits per heavy atom. The first kappa shape index (κ1) is 12.9. The van der Waals surface area contributed by atoms with Gasteiger partial charge in [-0.05, 0) is 24.3 Å².